The van der Waals surface area contributed by atoms with Crippen molar-refractivity contribution >= 4 is 29.3 Å². The number of carbonyl (C=O) groups excluding carboxylic acids is 2. The van der Waals surface area contributed by atoms with Crippen LogP contribution >= 0.6 is 0 Å². The summed E-state index contributed by atoms with van der Waals surface area (Å²) < 4.78 is 16.0. The molecular weight excluding hydrogens is 454 g/mol. The largest absolute Gasteiger partial charge is 0.493 e. The third-order valence-electron chi connectivity index (χ3n) is 4.86. The Morgan fingerprint density at radius 2 is 1.49 bits per heavy atom. The van der Waals surface area contributed by atoms with E-state index in [9.17, 15) is 19.7 Å². The number of nitro benzene ring substituents is 1. The van der Waals surface area contributed by atoms with Crippen LogP contribution in [0.3, 0.4) is 0 Å². The summed E-state index contributed by atoms with van der Waals surface area (Å²) in [5, 5.41) is 16.1. The zero-order valence-corrected chi connectivity index (χ0v) is 19.2. The summed E-state index contributed by atoms with van der Waals surface area (Å²) in [4.78, 5) is 36.3. The molecular formula is C25H23N3O7. The first-order valence-electron chi connectivity index (χ1n) is 10.3. The normalized spacial score (nSPS) is 10.8. The van der Waals surface area contributed by atoms with Gasteiger partial charge in [0.25, 0.3) is 17.5 Å². The highest BCUT2D eigenvalue weighted by Crippen LogP contribution is 2.38. The second-order valence-electron chi connectivity index (χ2n) is 7.09. The van der Waals surface area contributed by atoms with E-state index in [2.05, 4.69) is 10.6 Å². The third-order valence-corrected chi connectivity index (χ3v) is 4.86. The van der Waals surface area contributed by atoms with E-state index >= 15 is 0 Å². The molecule has 3 rings (SSSR count). The molecule has 0 aliphatic rings. The van der Waals surface area contributed by atoms with Crippen molar-refractivity contribution in [3.05, 3.63) is 93.7 Å². The van der Waals surface area contributed by atoms with Crippen molar-refractivity contribution in [3.63, 3.8) is 0 Å². The van der Waals surface area contributed by atoms with E-state index in [-0.39, 0.29) is 11.4 Å². The minimum atomic E-state index is -0.642. The molecule has 35 heavy (non-hydrogen) atoms. The molecule has 2 N–H and O–H groups in total. The van der Waals surface area contributed by atoms with E-state index in [1.807, 2.05) is 0 Å². The highest BCUT2D eigenvalue weighted by molar-refractivity contribution is 6.10. The number of rotatable bonds is 9. The maximum Gasteiger partial charge on any atom is 0.272 e. The number of hydrogen-bond acceptors (Lipinski definition) is 7. The average molecular weight is 477 g/mol. The molecule has 3 aromatic carbocycles. The van der Waals surface area contributed by atoms with Crippen LogP contribution in [0.25, 0.3) is 6.08 Å². The van der Waals surface area contributed by atoms with Gasteiger partial charge in [-0.05, 0) is 48.0 Å². The van der Waals surface area contributed by atoms with E-state index in [0.29, 0.717) is 34.1 Å². The summed E-state index contributed by atoms with van der Waals surface area (Å²) in [6, 6.07) is 17.0. The van der Waals surface area contributed by atoms with Crippen LogP contribution < -0.4 is 24.8 Å². The van der Waals surface area contributed by atoms with Gasteiger partial charge in [-0.25, -0.2) is 0 Å². The van der Waals surface area contributed by atoms with Gasteiger partial charge in [0, 0.05) is 23.4 Å². The SMILES string of the molecule is COc1cc(C=C(NC(=O)c2ccccc2)C(=O)Nc2ccc([N+](=O)[O-])cc2)cc(OC)c1OC. The van der Waals surface area contributed by atoms with Gasteiger partial charge in [0.05, 0.1) is 26.3 Å². The lowest BCUT2D eigenvalue weighted by molar-refractivity contribution is -0.384. The van der Waals surface area contributed by atoms with Crippen LogP contribution in [0.15, 0.2) is 72.4 Å². The molecule has 0 fully saturated rings. The lowest BCUT2D eigenvalue weighted by Crippen LogP contribution is -2.30. The van der Waals surface area contributed by atoms with Crippen LogP contribution in [-0.2, 0) is 4.79 Å². The van der Waals surface area contributed by atoms with Crippen molar-refractivity contribution in [2.75, 3.05) is 26.6 Å². The van der Waals surface area contributed by atoms with Crippen molar-refractivity contribution < 1.29 is 28.7 Å². The van der Waals surface area contributed by atoms with Crippen molar-refractivity contribution in [1.29, 1.82) is 0 Å². The number of benzene rings is 3. The molecule has 0 atom stereocenters. The first-order chi connectivity index (χ1) is 16.9. The quantitative estimate of drug-likeness (QED) is 0.270. The van der Waals surface area contributed by atoms with Gasteiger partial charge in [0.1, 0.15) is 5.70 Å². The van der Waals surface area contributed by atoms with Crippen LogP contribution in [0.5, 0.6) is 17.2 Å². The van der Waals surface area contributed by atoms with Gasteiger partial charge in [0.15, 0.2) is 11.5 Å². The first kappa shape index (κ1) is 24.8. The Labute approximate surface area is 201 Å². The lowest BCUT2D eigenvalue weighted by atomic mass is 10.1. The predicted molar refractivity (Wildman–Crippen MR) is 130 cm³/mol. The highest BCUT2D eigenvalue weighted by atomic mass is 16.6. The third kappa shape index (κ3) is 6.14. The van der Waals surface area contributed by atoms with Crippen LogP contribution in [0.2, 0.25) is 0 Å². The zero-order valence-electron chi connectivity index (χ0n) is 19.2. The van der Waals surface area contributed by atoms with E-state index in [1.54, 1.807) is 42.5 Å². The van der Waals surface area contributed by atoms with Crippen molar-refractivity contribution in [3.8, 4) is 17.2 Å². The Kier molecular flexibility index (Phi) is 8.02. The number of methoxy groups -OCH3 is 3. The predicted octanol–water partition coefficient (Wildman–Crippen LogP) is 4.03. The molecule has 0 heterocycles. The van der Waals surface area contributed by atoms with Gasteiger partial charge in [-0.3, -0.25) is 19.7 Å². The van der Waals surface area contributed by atoms with Gasteiger partial charge < -0.3 is 24.8 Å². The fraction of sp³-hybridized carbons (Fsp3) is 0.120. The minimum absolute atomic E-state index is 0.0773. The lowest BCUT2D eigenvalue weighted by Gasteiger charge is -2.14. The van der Waals surface area contributed by atoms with E-state index in [1.165, 1.54) is 51.7 Å². The number of carbonyl (C=O) groups is 2. The number of nitrogens with zero attached hydrogens (tertiary/aromatic N) is 1. The van der Waals surface area contributed by atoms with Gasteiger partial charge in [-0.2, -0.15) is 0 Å². The molecule has 0 aliphatic heterocycles. The molecule has 0 saturated heterocycles. The summed E-state index contributed by atoms with van der Waals surface area (Å²) in [5.41, 5.74) is 0.957. The van der Waals surface area contributed by atoms with Crippen molar-refractivity contribution in [2.24, 2.45) is 0 Å². The molecule has 2 amide bonds. The fourth-order valence-electron chi connectivity index (χ4n) is 3.16. The molecule has 0 spiro atoms. The smallest absolute Gasteiger partial charge is 0.272 e. The topological polar surface area (TPSA) is 129 Å². The van der Waals surface area contributed by atoms with E-state index in [4.69, 9.17) is 14.2 Å². The standard InChI is InChI=1S/C25H23N3O7/c1-33-21-14-16(15-22(34-2)23(21)35-3)13-20(27-24(29)17-7-5-4-6-8-17)25(30)26-18-9-11-19(12-10-18)28(31)32/h4-15H,1-3H3,(H,26,30)(H,27,29). The molecule has 0 unspecified atom stereocenters. The second kappa shape index (κ2) is 11.3. The Hall–Kier alpha value is -4.86. The highest BCUT2D eigenvalue weighted by Gasteiger charge is 2.18. The fourth-order valence-corrected chi connectivity index (χ4v) is 3.16. The number of hydrogen-bond donors (Lipinski definition) is 2. The Morgan fingerprint density at radius 3 is 2.00 bits per heavy atom. The van der Waals surface area contributed by atoms with Gasteiger partial charge in [0.2, 0.25) is 5.75 Å². The van der Waals surface area contributed by atoms with Crippen LogP contribution in [0.4, 0.5) is 11.4 Å². The number of amides is 2. The number of nitrogens with one attached hydrogen (secondary N) is 2. The summed E-state index contributed by atoms with van der Waals surface area (Å²) in [6.45, 7) is 0. The first-order valence-corrected chi connectivity index (χ1v) is 10.3. The number of ether oxygens (including phenoxy) is 3. The van der Waals surface area contributed by atoms with Crippen LogP contribution in [-0.4, -0.2) is 38.1 Å². The van der Waals surface area contributed by atoms with Crippen molar-refractivity contribution in [2.45, 2.75) is 0 Å². The molecule has 0 aromatic heterocycles. The Bertz CT molecular complexity index is 1230. The maximum absolute atomic E-state index is 13.1. The van der Waals surface area contributed by atoms with E-state index < -0.39 is 16.7 Å². The molecule has 0 saturated carbocycles. The Balaban J connectivity index is 1.99. The molecule has 10 heteroatoms. The number of nitro groups is 1. The summed E-state index contributed by atoms with van der Waals surface area (Å²) in [5.74, 6) is -0.0393. The summed E-state index contributed by atoms with van der Waals surface area (Å²) in [6.07, 6.45) is 1.45. The average Bonchev–Trinajstić information content (AvgIpc) is 2.88. The molecule has 10 nitrogen and oxygen atoms in total. The van der Waals surface area contributed by atoms with Crippen LogP contribution in [0.1, 0.15) is 15.9 Å². The van der Waals surface area contributed by atoms with Gasteiger partial charge in [-0.1, -0.05) is 18.2 Å². The molecule has 0 bridgehead atoms. The van der Waals surface area contributed by atoms with Crippen molar-refractivity contribution in [1.82, 2.24) is 5.32 Å². The van der Waals surface area contributed by atoms with Gasteiger partial charge in [-0.15, -0.1) is 0 Å². The summed E-state index contributed by atoms with van der Waals surface area (Å²) in [7, 11) is 4.40. The molecule has 3 aromatic rings. The number of anilines is 1. The monoisotopic (exact) mass is 477 g/mol. The Morgan fingerprint density at radius 1 is 0.886 bits per heavy atom. The van der Waals surface area contributed by atoms with Crippen LogP contribution in [0, 0.1) is 10.1 Å². The second-order valence-corrected chi connectivity index (χ2v) is 7.09. The zero-order chi connectivity index (χ0) is 25.4. The van der Waals surface area contributed by atoms with Gasteiger partial charge >= 0.3 is 0 Å². The molecule has 180 valence electrons. The molecule has 0 radical (unpaired) electrons. The number of non-ortho nitro benzene ring substituents is 1. The van der Waals surface area contributed by atoms with E-state index in [0.717, 1.165) is 0 Å². The maximum atomic E-state index is 13.1. The molecule has 0 aliphatic carbocycles. The minimum Gasteiger partial charge on any atom is -0.493 e. The summed E-state index contributed by atoms with van der Waals surface area (Å²) >= 11 is 0.